The van der Waals surface area contributed by atoms with Crippen LogP contribution in [0.1, 0.15) is 0 Å². The van der Waals surface area contributed by atoms with Gasteiger partial charge in [-0.05, 0) is 89.0 Å². The predicted molar refractivity (Wildman–Crippen MR) is 253 cm³/mol. The van der Waals surface area contributed by atoms with Crippen LogP contribution in [0.2, 0.25) is 0 Å². The van der Waals surface area contributed by atoms with E-state index in [1.807, 2.05) is 66.9 Å². The van der Waals surface area contributed by atoms with Crippen molar-refractivity contribution in [2.75, 3.05) is 0 Å². The first-order chi connectivity index (χ1) is 30.7. The van der Waals surface area contributed by atoms with Gasteiger partial charge in [0, 0.05) is 50.2 Å². The lowest BCUT2D eigenvalue weighted by Gasteiger charge is -2.11. The summed E-state index contributed by atoms with van der Waals surface area (Å²) < 4.78 is 4.74. The van der Waals surface area contributed by atoms with Gasteiger partial charge in [0.25, 0.3) is 0 Å². The summed E-state index contributed by atoms with van der Waals surface area (Å²) in [6.07, 6.45) is 1.84. The Morgan fingerprint density at radius 1 is 0.274 bits per heavy atom. The minimum atomic E-state index is 0.527. The maximum Gasteiger partial charge on any atom is 0.182 e. The largest absolute Gasteiger partial charge is 0.309 e. The molecular weight excluding hydrogens is 757 g/mol. The van der Waals surface area contributed by atoms with E-state index in [4.69, 9.17) is 19.9 Å². The fraction of sp³-hybridized carbons (Fsp3) is 0. The maximum absolute atomic E-state index is 4.94. The third-order valence-corrected chi connectivity index (χ3v) is 11.8. The molecule has 0 aliphatic rings. The van der Waals surface area contributed by atoms with Crippen LogP contribution in [0.4, 0.5) is 0 Å². The van der Waals surface area contributed by atoms with Crippen molar-refractivity contribution in [3.05, 3.63) is 219 Å². The number of benzene rings is 8. The van der Waals surface area contributed by atoms with Gasteiger partial charge in [-0.2, -0.15) is 0 Å². The number of hydrogen-bond acceptors (Lipinski definition) is 4. The molecule has 6 heteroatoms. The average molecular weight is 793 g/mol. The van der Waals surface area contributed by atoms with Gasteiger partial charge in [0.2, 0.25) is 0 Å². The highest BCUT2D eigenvalue weighted by Gasteiger charge is 2.17. The quantitative estimate of drug-likeness (QED) is 0.161. The van der Waals surface area contributed by atoms with Gasteiger partial charge in [-0.15, -0.1) is 0 Å². The van der Waals surface area contributed by atoms with E-state index in [1.165, 1.54) is 43.7 Å². The Balaban J connectivity index is 0.921. The van der Waals surface area contributed by atoms with Crippen LogP contribution in [-0.4, -0.2) is 29.1 Å². The van der Waals surface area contributed by atoms with Crippen LogP contribution >= 0.6 is 0 Å². The molecular formula is C56H36N6. The molecule has 0 amide bonds. The van der Waals surface area contributed by atoms with E-state index < -0.39 is 0 Å². The van der Waals surface area contributed by atoms with Crippen molar-refractivity contribution in [1.82, 2.24) is 29.1 Å². The highest BCUT2D eigenvalue weighted by Crippen LogP contribution is 2.38. The first-order valence-corrected chi connectivity index (χ1v) is 20.8. The van der Waals surface area contributed by atoms with Gasteiger partial charge in [-0.3, -0.25) is 4.98 Å². The Labute approximate surface area is 357 Å². The zero-order valence-corrected chi connectivity index (χ0v) is 33.5. The van der Waals surface area contributed by atoms with Gasteiger partial charge in [-0.25, -0.2) is 15.0 Å². The fourth-order valence-electron chi connectivity index (χ4n) is 8.89. The predicted octanol–water partition coefficient (Wildman–Crippen LogP) is 13.8. The Kier molecular flexibility index (Phi) is 8.38. The maximum atomic E-state index is 4.94. The van der Waals surface area contributed by atoms with E-state index in [0.717, 1.165) is 44.7 Å². The number of para-hydroxylation sites is 3. The van der Waals surface area contributed by atoms with Crippen LogP contribution < -0.4 is 0 Å². The number of pyridine rings is 1. The molecule has 12 aromatic rings. The molecule has 0 saturated carbocycles. The molecule has 0 radical (unpaired) electrons. The molecule has 62 heavy (non-hydrogen) atoms. The first kappa shape index (κ1) is 35.5. The topological polar surface area (TPSA) is 61.4 Å². The summed E-state index contributed by atoms with van der Waals surface area (Å²) in [5.41, 5.74) is 14.0. The Hall–Kier alpha value is -8.48. The summed E-state index contributed by atoms with van der Waals surface area (Å²) in [6, 6.07) is 74.7. The molecule has 290 valence electrons. The number of hydrogen-bond donors (Lipinski definition) is 0. The third-order valence-electron chi connectivity index (χ3n) is 11.8. The van der Waals surface area contributed by atoms with E-state index in [2.05, 4.69) is 161 Å². The first-order valence-electron chi connectivity index (χ1n) is 20.8. The minimum absolute atomic E-state index is 0.527. The molecule has 0 unspecified atom stereocenters. The SMILES string of the molecule is c1ccc(-c2nc(-c3ccccc3)nc(-c3cc(-c4ccc5c(c4)c4ccccc4n5-c4ccc(-c5ccc6c7ccccc7n(-c7ccccc7)c6c5)cc4)ccn3)n2)cc1. The van der Waals surface area contributed by atoms with E-state index in [1.54, 1.807) is 0 Å². The average Bonchev–Trinajstić information content (AvgIpc) is 3.87. The van der Waals surface area contributed by atoms with E-state index in [0.29, 0.717) is 23.2 Å². The lowest BCUT2D eigenvalue weighted by Crippen LogP contribution is -2.01. The fourth-order valence-corrected chi connectivity index (χ4v) is 8.89. The number of aromatic nitrogens is 6. The van der Waals surface area contributed by atoms with Crippen LogP contribution in [-0.2, 0) is 0 Å². The highest BCUT2D eigenvalue weighted by atomic mass is 15.0. The van der Waals surface area contributed by atoms with Crippen molar-refractivity contribution >= 4 is 43.6 Å². The Morgan fingerprint density at radius 2 is 0.742 bits per heavy atom. The van der Waals surface area contributed by atoms with Gasteiger partial charge in [-0.1, -0.05) is 146 Å². The number of nitrogens with zero attached hydrogens (tertiary/aromatic N) is 6. The van der Waals surface area contributed by atoms with Crippen LogP contribution in [0.5, 0.6) is 0 Å². The number of fused-ring (bicyclic) bond motifs is 6. The Morgan fingerprint density at radius 3 is 1.42 bits per heavy atom. The Bertz CT molecular complexity index is 3550. The van der Waals surface area contributed by atoms with Crippen LogP contribution in [0, 0.1) is 0 Å². The summed E-state index contributed by atoms with van der Waals surface area (Å²) in [4.78, 5) is 19.5. The van der Waals surface area contributed by atoms with Gasteiger partial charge >= 0.3 is 0 Å². The molecule has 4 aromatic heterocycles. The normalized spacial score (nSPS) is 11.5. The molecule has 0 aliphatic heterocycles. The third kappa shape index (κ3) is 6.04. The van der Waals surface area contributed by atoms with Crippen molar-refractivity contribution < 1.29 is 0 Å². The van der Waals surface area contributed by atoms with Gasteiger partial charge < -0.3 is 9.13 Å². The second-order valence-corrected chi connectivity index (χ2v) is 15.5. The molecule has 8 aromatic carbocycles. The lowest BCUT2D eigenvalue weighted by molar-refractivity contribution is 1.06. The molecule has 0 bridgehead atoms. The van der Waals surface area contributed by atoms with Crippen molar-refractivity contribution in [2.45, 2.75) is 0 Å². The molecule has 0 N–H and O–H groups in total. The van der Waals surface area contributed by atoms with Gasteiger partial charge in [0.05, 0.1) is 22.1 Å². The van der Waals surface area contributed by atoms with Crippen molar-refractivity contribution in [3.63, 3.8) is 0 Å². The van der Waals surface area contributed by atoms with Gasteiger partial charge in [0.15, 0.2) is 17.5 Å². The van der Waals surface area contributed by atoms with E-state index >= 15 is 0 Å². The molecule has 0 fully saturated rings. The highest BCUT2D eigenvalue weighted by molar-refractivity contribution is 6.11. The molecule has 0 saturated heterocycles. The second kappa shape index (κ2) is 14.7. The summed E-state index contributed by atoms with van der Waals surface area (Å²) in [5, 5.41) is 4.87. The molecule has 12 rings (SSSR count). The van der Waals surface area contributed by atoms with Crippen LogP contribution in [0.3, 0.4) is 0 Å². The summed E-state index contributed by atoms with van der Waals surface area (Å²) in [6.45, 7) is 0. The summed E-state index contributed by atoms with van der Waals surface area (Å²) >= 11 is 0. The smallest absolute Gasteiger partial charge is 0.182 e. The molecule has 4 heterocycles. The van der Waals surface area contributed by atoms with Crippen molar-refractivity contribution in [2.24, 2.45) is 0 Å². The van der Waals surface area contributed by atoms with Crippen LogP contribution in [0.25, 0.3) is 112 Å². The molecule has 0 spiro atoms. The minimum Gasteiger partial charge on any atom is -0.309 e. The zero-order valence-electron chi connectivity index (χ0n) is 33.5. The van der Waals surface area contributed by atoms with Crippen molar-refractivity contribution in [3.8, 4) is 67.9 Å². The zero-order chi connectivity index (χ0) is 41.0. The number of rotatable bonds is 7. The van der Waals surface area contributed by atoms with Crippen LogP contribution in [0.15, 0.2) is 219 Å². The molecule has 6 nitrogen and oxygen atoms in total. The monoisotopic (exact) mass is 792 g/mol. The second-order valence-electron chi connectivity index (χ2n) is 15.5. The van der Waals surface area contributed by atoms with Gasteiger partial charge in [0.1, 0.15) is 5.69 Å². The summed E-state index contributed by atoms with van der Waals surface area (Å²) in [5.74, 6) is 1.74. The standard InChI is InChI=1S/C56H36N6/c1-4-14-38(15-5-1)54-58-55(39-16-6-2-7-17-39)60-56(59-54)49-35-42(32-33-57-49)40-27-31-52-48(34-40)46-21-11-13-23-51(46)61(52)44-28-24-37(25-29-44)41-26-30-47-45-20-10-12-22-50(45)62(53(47)36-41)43-18-8-3-9-19-43/h1-36H. The molecule has 0 atom stereocenters. The van der Waals surface area contributed by atoms with Crippen molar-refractivity contribution in [1.29, 1.82) is 0 Å². The summed E-state index contributed by atoms with van der Waals surface area (Å²) in [7, 11) is 0. The van der Waals surface area contributed by atoms with E-state index in [9.17, 15) is 0 Å². The lowest BCUT2D eigenvalue weighted by atomic mass is 10.0. The molecule has 0 aliphatic carbocycles. The van der Waals surface area contributed by atoms with E-state index in [-0.39, 0.29) is 0 Å².